The maximum Gasteiger partial charge on any atom is 0.251 e. The van der Waals surface area contributed by atoms with Crippen LogP contribution in [0.25, 0.3) is 0 Å². The summed E-state index contributed by atoms with van der Waals surface area (Å²) in [5.41, 5.74) is 2.99. The van der Waals surface area contributed by atoms with Crippen LogP contribution in [0.5, 0.6) is 0 Å². The molecule has 1 atom stereocenters. The molecule has 0 aromatic heterocycles. The van der Waals surface area contributed by atoms with Gasteiger partial charge in [0.15, 0.2) is 0 Å². The zero-order valence-corrected chi connectivity index (χ0v) is 12.3. The fraction of sp³-hybridized carbons (Fsp3) is 0.188. The molecule has 2 aromatic carbocycles. The van der Waals surface area contributed by atoms with Gasteiger partial charge in [0.25, 0.3) is 5.91 Å². The Hall–Kier alpha value is -1.68. The number of rotatable bonds is 3. The van der Waals surface area contributed by atoms with E-state index in [1.807, 2.05) is 12.1 Å². The predicted molar refractivity (Wildman–Crippen MR) is 79.3 cm³/mol. The van der Waals surface area contributed by atoms with Crippen molar-refractivity contribution in [2.45, 2.75) is 12.3 Å². The Bertz CT molecular complexity index is 671. The first-order valence-corrected chi connectivity index (χ1v) is 7.25. The molecule has 20 heavy (non-hydrogen) atoms. The molecule has 0 fully saturated rings. The Kier molecular flexibility index (Phi) is 3.57. The number of nitrogens with one attached hydrogen (secondary N) is 1. The van der Waals surface area contributed by atoms with Crippen molar-refractivity contribution in [3.8, 4) is 0 Å². The van der Waals surface area contributed by atoms with Crippen molar-refractivity contribution in [2.75, 3.05) is 6.54 Å². The van der Waals surface area contributed by atoms with Crippen LogP contribution in [0.3, 0.4) is 0 Å². The number of amides is 1. The summed E-state index contributed by atoms with van der Waals surface area (Å²) in [6.07, 6.45) is 0.991. The lowest BCUT2D eigenvalue weighted by Crippen LogP contribution is -2.33. The van der Waals surface area contributed by atoms with E-state index >= 15 is 0 Å². The van der Waals surface area contributed by atoms with Crippen molar-refractivity contribution < 1.29 is 9.18 Å². The molecule has 1 aliphatic rings. The minimum atomic E-state index is -0.424. The maximum atomic E-state index is 13.4. The van der Waals surface area contributed by atoms with Crippen molar-refractivity contribution in [2.24, 2.45) is 0 Å². The van der Waals surface area contributed by atoms with Crippen LogP contribution < -0.4 is 5.32 Å². The second kappa shape index (κ2) is 5.37. The zero-order valence-electron chi connectivity index (χ0n) is 10.7. The van der Waals surface area contributed by atoms with Crippen molar-refractivity contribution in [1.29, 1.82) is 0 Å². The molecule has 4 heteroatoms. The SMILES string of the molecule is O=C(NCC1Cc2ccccc21)c1ccc(Br)c(F)c1. The predicted octanol–water partition coefficient (Wildman–Crippen LogP) is 3.66. The Morgan fingerprint density at radius 1 is 1.30 bits per heavy atom. The number of halogens is 2. The van der Waals surface area contributed by atoms with Crippen molar-refractivity contribution >= 4 is 21.8 Å². The van der Waals surface area contributed by atoms with Crippen LogP contribution in [0.4, 0.5) is 4.39 Å². The number of carbonyl (C=O) groups excluding carboxylic acids is 1. The normalized spacial score (nSPS) is 16.2. The van der Waals surface area contributed by atoms with Gasteiger partial charge in [-0.15, -0.1) is 0 Å². The van der Waals surface area contributed by atoms with Gasteiger partial charge in [0.2, 0.25) is 0 Å². The number of carbonyl (C=O) groups is 1. The van der Waals surface area contributed by atoms with E-state index in [-0.39, 0.29) is 5.91 Å². The highest BCUT2D eigenvalue weighted by Crippen LogP contribution is 2.34. The molecule has 0 radical (unpaired) electrons. The van der Waals surface area contributed by atoms with Crippen molar-refractivity contribution in [3.63, 3.8) is 0 Å². The lowest BCUT2D eigenvalue weighted by Gasteiger charge is -2.30. The summed E-state index contributed by atoms with van der Waals surface area (Å²) in [5.74, 6) is -0.289. The van der Waals surface area contributed by atoms with E-state index in [0.29, 0.717) is 22.5 Å². The topological polar surface area (TPSA) is 29.1 Å². The van der Waals surface area contributed by atoms with Gasteiger partial charge in [-0.1, -0.05) is 24.3 Å². The zero-order chi connectivity index (χ0) is 14.1. The molecular formula is C16H13BrFNO. The van der Waals surface area contributed by atoms with Gasteiger partial charge in [-0.25, -0.2) is 4.39 Å². The summed E-state index contributed by atoms with van der Waals surface area (Å²) in [7, 11) is 0. The van der Waals surface area contributed by atoms with Crippen LogP contribution >= 0.6 is 15.9 Å². The van der Waals surface area contributed by atoms with Gasteiger partial charge in [-0.05, 0) is 51.7 Å². The van der Waals surface area contributed by atoms with Crippen molar-refractivity contribution in [1.82, 2.24) is 5.32 Å². The maximum absolute atomic E-state index is 13.4. The van der Waals surface area contributed by atoms with Crippen molar-refractivity contribution in [3.05, 3.63) is 69.4 Å². The first-order valence-electron chi connectivity index (χ1n) is 6.46. The summed E-state index contributed by atoms with van der Waals surface area (Å²) < 4.78 is 13.7. The standard InChI is InChI=1S/C16H13BrFNO/c17-14-6-5-11(8-15(14)18)16(20)19-9-12-7-10-3-1-2-4-13(10)12/h1-6,8,12H,7,9H2,(H,19,20). The molecule has 1 amide bonds. The third kappa shape index (κ3) is 2.48. The number of hydrogen-bond donors (Lipinski definition) is 1. The molecule has 0 heterocycles. The largest absolute Gasteiger partial charge is 0.351 e. The van der Waals surface area contributed by atoms with Gasteiger partial charge in [-0.2, -0.15) is 0 Å². The Balaban J connectivity index is 1.62. The van der Waals surface area contributed by atoms with Crippen LogP contribution in [0.2, 0.25) is 0 Å². The van der Waals surface area contributed by atoms with Gasteiger partial charge in [0, 0.05) is 18.0 Å². The molecule has 1 unspecified atom stereocenters. The van der Waals surface area contributed by atoms with Gasteiger partial charge in [0.05, 0.1) is 4.47 Å². The molecule has 3 rings (SSSR count). The molecule has 1 aliphatic carbocycles. The van der Waals surface area contributed by atoms with E-state index in [9.17, 15) is 9.18 Å². The number of hydrogen-bond acceptors (Lipinski definition) is 1. The third-order valence-corrected chi connectivity index (χ3v) is 4.30. The Morgan fingerprint density at radius 3 is 2.85 bits per heavy atom. The van der Waals surface area contributed by atoms with E-state index in [1.54, 1.807) is 12.1 Å². The fourth-order valence-corrected chi connectivity index (χ4v) is 2.75. The van der Waals surface area contributed by atoms with Crippen LogP contribution in [0.1, 0.15) is 27.4 Å². The average Bonchev–Trinajstić information content (AvgIpc) is 2.42. The molecule has 0 spiro atoms. The van der Waals surface area contributed by atoms with Crippen LogP contribution in [-0.4, -0.2) is 12.5 Å². The van der Waals surface area contributed by atoms with Crippen LogP contribution in [0.15, 0.2) is 46.9 Å². The minimum absolute atomic E-state index is 0.235. The highest BCUT2D eigenvalue weighted by atomic mass is 79.9. The summed E-state index contributed by atoms with van der Waals surface area (Å²) in [5, 5.41) is 2.87. The van der Waals surface area contributed by atoms with E-state index in [0.717, 1.165) is 6.42 Å². The molecular weight excluding hydrogens is 321 g/mol. The second-order valence-corrected chi connectivity index (χ2v) is 5.79. The molecule has 1 N–H and O–H groups in total. The lowest BCUT2D eigenvalue weighted by atomic mass is 9.77. The van der Waals surface area contributed by atoms with E-state index < -0.39 is 5.82 Å². The van der Waals surface area contributed by atoms with Gasteiger partial charge in [-0.3, -0.25) is 4.79 Å². The van der Waals surface area contributed by atoms with Gasteiger partial charge >= 0.3 is 0 Å². The first kappa shape index (κ1) is 13.3. The van der Waals surface area contributed by atoms with Crippen LogP contribution in [0, 0.1) is 5.82 Å². The van der Waals surface area contributed by atoms with E-state index in [1.165, 1.54) is 17.2 Å². The monoisotopic (exact) mass is 333 g/mol. The summed E-state index contributed by atoms with van der Waals surface area (Å²) >= 11 is 3.07. The third-order valence-electron chi connectivity index (χ3n) is 3.65. The van der Waals surface area contributed by atoms with Crippen LogP contribution in [-0.2, 0) is 6.42 Å². The highest BCUT2D eigenvalue weighted by molar-refractivity contribution is 9.10. The Morgan fingerprint density at radius 2 is 2.10 bits per heavy atom. The smallest absolute Gasteiger partial charge is 0.251 e. The second-order valence-electron chi connectivity index (χ2n) is 4.94. The summed E-state index contributed by atoms with van der Waals surface area (Å²) in [4.78, 5) is 12.0. The molecule has 0 saturated heterocycles. The van der Waals surface area contributed by atoms with Gasteiger partial charge < -0.3 is 5.32 Å². The molecule has 0 saturated carbocycles. The Labute approximate surface area is 125 Å². The molecule has 0 bridgehead atoms. The van der Waals surface area contributed by atoms with Gasteiger partial charge in [0.1, 0.15) is 5.82 Å². The highest BCUT2D eigenvalue weighted by Gasteiger charge is 2.25. The first-order chi connectivity index (χ1) is 9.65. The fourth-order valence-electron chi connectivity index (χ4n) is 2.50. The molecule has 2 nitrogen and oxygen atoms in total. The number of benzene rings is 2. The van der Waals surface area contributed by atoms with E-state index in [4.69, 9.17) is 0 Å². The summed E-state index contributed by atoms with van der Waals surface area (Å²) in [6.45, 7) is 0.591. The summed E-state index contributed by atoms with van der Waals surface area (Å²) in [6, 6.07) is 12.6. The lowest BCUT2D eigenvalue weighted by molar-refractivity contribution is 0.0949. The quantitative estimate of drug-likeness (QED) is 0.912. The van der Waals surface area contributed by atoms with E-state index in [2.05, 4.69) is 33.4 Å². The average molecular weight is 334 g/mol. The molecule has 102 valence electrons. The number of fused-ring (bicyclic) bond motifs is 1. The minimum Gasteiger partial charge on any atom is -0.351 e. The molecule has 0 aliphatic heterocycles. The molecule has 2 aromatic rings.